The van der Waals surface area contributed by atoms with Gasteiger partial charge in [0.25, 0.3) is 5.91 Å². The van der Waals surface area contributed by atoms with Gasteiger partial charge in [-0.05, 0) is 54.6 Å². The van der Waals surface area contributed by atoms with Crippen LogP contribution in [0.15, 0.2) is 83.1 Å². The third-order valence-corrected chi connectivity index (χ3v) is 5.38. The molecule has 2 aromatic carbocycles. The van der Waals surface area contributed by atoms with Crippen molar-refractivity contribution in [2.75, 3.05) is 11.4 Å². The Kier molecular flexibility index (Phi) is 5.29. The lowest BCUT2D eigenvalue weighted by atomic mass is 10.1. The summed E-state index contributed by atoms with van der Waals surface area (Å²) in [4.78, 5) is 31.9. The summed E-state index contributed by atoms with van der Waals surface area (Å²) in [6.07, 6.45) is 4.16. The van der Waals surface area contributed by atoms with E-state index >= 15 is 0 Å². The molecule has 1 saturated heterocycles. The molecule has 6 nitrogen and oxygen atoms in total. The number of para-hydroxylation sites is 2. The van der Waals surface area contributed by atoms with Gasteiger partial charge in [0.1, 0.15) is 12.2 Å². The third-order valence-electron chi connectivity index (χ3n) is 4.97. The molecule has 0 spiro atoms. The van der Waals surface area contributed by atoms with E-state index in [1.165, 1.54) is 9.80 Å². The summed E-state index contributed by atoms with van der Waals surface area (Å²) in [5.41, 5.74) is 2.65. The lowest BCUT2D eigenvalue weighted by Gasteiger charge is -2.18. The minimum absolute atomic E-state index is 0.143. The molecule has 2 aliphatic heterocycles. The zero-order chi connectivity index (χ0) is 21.3. The molecule has 1 amide bonds. The number of carboxylic acid groups (broad SMARTS) is 1. The van der Waals surface area contributed by atoms with Crippen molar-refractivity contribution in [3.05, 3.63) is 88.7 Å². The summed E-state index contributed by atoms with van der Waals surface area (Å²) >= 11 is 5.45. The highest BCUT2D eigenvalue weighted by Gasteiger charge is 2.39. The Morgan fingerprint density at radius 1 is 1.10 bits per heavy atom. The van der Waals surface area contributed by atoms with Gasteiger partial charge < -0.3 is 10.0 Å². The Morgan fingerprint density at radius 3 is 2.50 bits per heavy atom. The Morgan fingerprint density at radius 2 is 1.80 bits per heavy atom. The molecule has 0 unspecified atom stereocenters. The van der Waals surface area contributed by atoms with E-state index in [4.69, 9.17) is 12.2 Å². The number of carboxylic acids is 1. The summed E-state index contributed by atoms with van der Waals surface area (Å²) in [5, 5.41) is 11.4. The second kappa shape index (κ2) is 8.04. The minimum Gasteiger partial charge on any atom is -0.480 e. The summed E-state index contributed by atoms with van der Waals surface area (Å²) in [6.45, 7) is 1.66. The van der Waals surface area contributed by atoms with Crippen LogP contribution in [0.4, 0.5) is 5.69 Å². The van der Waals surface area contributed by atoms with Gasteiger partial charge in [0.05, 0.1) is 16.7 Å². The molecule has 150 valence electrons. The number of fused-ring (bicyclic) bond motifs is 1. The smallest absolute Gasteiger partial charge is 0.323 e. The molecule has 30 heavy (non-hydrogen) atoms. The first-order valence-electron chi connectivity index (χ1n) is 9.53. The van der Waals surface area contributed by atoms with Gasteiger partial charge in [-0.3, -0.25) is 14.5 Å². The normalized spacial score (nSPS) is 18.4. The van der Waals surface area contributed by atoms with Crippen LogP contribution in [0, 0.1) is 0 Å². The molecule has 0 radical (unpaired) electrons. The SMILES string of the molecule is CCC1=c2ccccc2=NC1=CC=C1C(=O)N(c2ccccc2)C(=S)N1CC(=O)O. The number of amides is 1. The molecule has 0 atom stereocenters. The molecule has 0 aromatic heterocycles. The molecule has 0 aliphatic carbocycles. The zero-order valence-corrected chi connectivity index (χ0v) is 17.1. The second-order valence-corrected chi connectivity index (χ2v) is 7.17. The van der Waals surface area contributed by atoms with Crippen molar-refractivity contribution < 1.29 is 14.7 Å². The molecule has 1 fully saturated rings. The first-order chi connectivity index (χ1) is 14.5. The quantitative estimate of drug-likeness (QED) is 0.597. The number of carbonyl (C=O) groups excluding carboxylic acids is 1. The lowest BCUT2D eigenvalue weighted by molar-refractivity contribution is -0.137. The molecule has 0 saturated carbocycles. The Labute approximate surface area is 178 Å². The summed E-state index contributed by atoms with van der Waals surface area (Å²) in [7, 11) is 0. The topological polar surface area (TPSA) is 73.2 Å². The number of carbonyl (C=O) groups is 2. The van der Waals surface area contributed by atoms with Crippen molar-refractivity contribution in [2.45, 2.75) is 13.3 Å². The van der Waals surface area contributed by atoms with E-state index in [-0.39, 0.29) is 16.7 Å². The fourth-order valence-corrected chi connectivity index (χ4v) is 3.97. The molecular formula is C23H19N3O3S. The number of nitrogens with zero attached hydrogens (tertiary/aromatic N) is 3. The van der Waals surface area contributed by atoms with Gasteiger partial charge in [0, 0.05) is 5.22 Å². The van der Waals surface area contributed by atoms with E-state index in [0.29, 0.717) is 5.69 Å². The molecule has 2 aromatic rings. The van der Waals surface area contributed by atoms with Crippen molar-refractivity contribution in [1.82, 2.24) is 4.90 Å². The number of benzene rings is 2. The van der Waals surface area contributed by atoms with Crippen LogP contribution in [0.1, 0.15) is 13.3 Å². The Balaban J connectivity index is 1.78. The zero-order valence-electron chi connectivity index (χ0n) is 16.3. The predicted octanol–water partition coefficient (Wildman–Crippen LogP) is 2.37. The van der Waals surface area contributed by atoms with Gasteiger partial charge in [-0.25, -0.2) is 4.99 Å². The molecule has 4 rings (SSSR count). The Hall–Kier alpha value is -3.58. The number of rotatable bonds is 5. The predicted molar refractivity (Wildman–Crippen MR) is 118 cm³/mol. The van der Waals surface area contributed by atoms with Crippen LogP contribution >= 0.6 is 12.2 Å². The standard InChI is InChI=1S/C23H19N3O3S/c1-2-16-17-10-6-7-11-18(17)24-19(16)12-13-20-22(29)26(15-8-4-3-5-9-15)23(30)25(20)14-21(27)28/h3-13H,2,14H2,1H3,(H,27,28). The maximum absolute atomic E-state index is 13.2. The first kappa shape index (κ1) is 19.7. The summed E-state index contributed by atoms with van der Waals surface area (Å²) < 4.78 is 0. The highest BCUT2D eigenvalue weighted by molar-refractivity contribution is 7.80. The van der Waals surface area contributed by atoms with Gasteiger partial charge >= 0.3 is 5.97 Å². The monoisotopic (exact) mass is 417 g/mol. The van der Waals surface area contributed by atoms with E-state index in [1.807, 2.05) is 30.3 Å². The fourth-order valence-electron chi connectivity index (χ4n) is 3.62. The molecule has 1 N–H and O–H groups in total. The van der Waals surface area contributed by atoms with Crippen LogP contribution in [0.25, 0.3) is 5.57 Å². The minimum atomic E-state index is -1.07. The van der Waals surface area contributed by atoms with Crippen molar-refractivity contribution in [3.63, 3.8) is 0 Å². The molecule has 0 bridgehead atoms. The van der Waals surface area contributed by atoms with Gasteiger partial charge in [-0.1, -0.05) is 43.3 Å². The van der Waals surface area contributed by atoms with Gasteiger partial charge in [0.2, 0.25) is 0 Å². The van der Waals surface area contributed by atoms with E-state index < -0.39 is 12.5 Å². The largest absolute Gasteiger partial charge is 0.480 e. The molecular weight excluding hydrogens is 398 g/mol. The third kappa shape index (κ3) is 3.44. The van der Waals surface area contributed by atoms with Crippen molar-refractivity contribution in [3.8, 4) is 0 Å². The number of hydrogen-bond donors (Lipinski definition) is 1. The van der Waals surface area contributed by atoms with Crippen molar-refractivity contribution >= 4 is 40.5 Å². The first-order valence-corrected chi connectivity index (χ1v) is 9.94. The second-order valence-electron chi connectivity index (χ2n) is 6.80. The fraction of sp³-hybridized carbons (Fsp3) is 0.130. The number of aliphatic carboxylic acids is 1. The van der Waals surface area contributed by atoms with Crippen molar-refractivity contribution in [2.24, 2.45) is 4.99 Å². The van der Waals surface area contributed by atoms with E-state index in [1.54, 1.807) is 36.4 Å². The highest BCUT2D eigenvalue weighted by Crippen LogP contribution is 2.28. The molecule has 2 heterocycles. The van der Waals surface area contributed by atoms with Crippen molar-refractivity contribution in [1.29, 1.82) is 0 Å². The van der Waals surface area contributed by atoms with Crippen LogP contribution in [-0.2, 0) is 9.59 Å². The number of allylic oxidation sites excluding steroid dienone is 3. The average Bonchev–Trinajstić information content (AvgIpc) is 3.21. The van der Waals surface area contributed by atoms with Crippen LogP contribution < -0.4 is 15.5 Å². The summed E-state index contributed by atoms with van der Waals surface area (Å²) in [5.74, 6) is -1.43. The summed E-state index contributed by atoms with van der Waals surface area (Å²) in [6, 6.07) is 16.8. The molecule has 7 heteroatoms. The molecule has 2 aliphatic rings. The van der Waals surface area contributed by atoms with Gasteiger partial charge in [-0.15, -0.1) is 0 Å². The number of thiocarbonyl (C=S) groups is 1. The lowest BCUT2D eigenvalue weighted by Crippen LogP contribution is -2.35. The highest BCUT2D eigenvalue weighted by atomic mass is 32.1. The van der Waals surface area contributed by atoms with Crippen LogP contribution in [-0.4, -0.2) is 33.5 Å². The van der Waals surface area contributed by atoms with E-state index in [0.717, 1.165) is 28.3 Å². The van der Waals surface area contributed by atoms with E-state index in [9.17, 15) is 14.7 Å². The Bertz CT molecular complexity index is 1230. The maximum atomic E-state index is 13.2. The average molecular weight is 417 g/mol. The van der Waals surface area contributed by atoms with Crippen LogP contribution in [0.3, 0.4) is 0 Å². The van der Waals surface area contributed by atoms with Crippen LogP contribution in [0.5, 0.6) is 0 Å². The van der Waals surface area contributed by atoms with Gasteiger partial charge in [-0.2, -0.15) is 0 Å². The van der Waals surface area contributed by atoms with Crippen LogP contribution in [0.2, 0.25) is 0 Å². The number of anilines is 1. The maximum Gasteiger partial charge on any atom is 0.323 e. The number of hydrogen-bond acceptors (Lipinski definition) is 4. The van der Waals surface area contributed by atoms with E-state index in [2.05, 4.69) is 11.9 Å². The van der Waals surface area contributed by atoms with Gasteiger partial charge in [0.15, 0.2) is 5.11 Å².